The fourth-order valence-corrected chi connectivity index (χ4v) is 3.52. The van der Waals surface area contributed by atoms with Gasteiger partial charge >= 0.3 is 0 Å². The van der Waals surface area contributed by atoms with E-state index in [-0.39, 0.29) is 11.7 Å². The van der Waals surface area contributed by atoms with Gasteiger partial charge < -0.3 is 14.8 Å². The molecule has 1 saturated heterocycles. The maximum absolute atomic E-state index is 12.0. The number of hydrogen-bond acceptors (Lipinski definition) is 5. The number of carbonyl (C=O) groups excluding carboxylic acids is 1. The molecule has 1 N–H and O–H groups in total. The van der Waals surface area contributed by atoms with E-state index in [1.807, 2.05) is 19.2 Å². The molecule has 1 aromatic heterocycles. The van der Waals surface area contributed by atoms with Crippen molar-refractivity contribution in [1.29, 1.82) is 0 Å². The molecule has 0 bridgehead atoms. The first-order valence-corrected chi connectivity index (χ1v) is 8.81. The van der Waals surface area contributed by atoms with Gasteiger partial charge in [-0.1, -0.05) is 23.4 Å². The highest BCUT2D eigenvalue weighted by molar-refractivity contribution is 7.99. The molecule has 0 atom stereocenters. The van der Waals surface area contributed by atoms with Gasteiger partial charge in [0.25, 0.3) is 0 Å². The molecular weight excluding hydrogens is 334 g/mol. The topological polar surface area (TPSA) is 63.1 Å². The molecule has 0 saturated carbocycles. The number of hydrogen-bond donors (Lipinski definition) is 1. The summed E-state index contributed by atoms with van der Waals surface area (Å²) in [5, 5.41) is 12.0. The van der Waals surface area contributed by atoms with Crippen molar-refractivity contribution >= 4 is 40.6 Å². The number of aryl methyl sites for hydroxylation is 1. The Morgan fingerprint density at radius 2 is 2.17 bits per heavy atom. The van der Waals surface area contributed by atoms with E-state index in [1.54, 1.807) is 17.0 Å². The standard InChI is InChI=1S/C15H18ClN5OS/c1-20-10-17-19-15(20)23-9-14(22)18-11-4-5-13(12(16)8-11)21-6-2-3-7-21/h4-5,8,10H,2-3,6-7,9H2,1H3,(H,18,22). The minimum Gasteiger partial charge on any atom is -0.370 e. The molecule has 0 radical (unpaired) electrons. The Hall–Kier alpha value is -1.73. The Kier molecular flexibility index (Phi) is 5.07. The Morgan fingerprint density at radius 3 is 2.83 bits per heavy atom. The van der Waals surface area contributed by atoms with Crippen LogP contribution in [0.2, 0.25) is 5.02 Å². The second-order valence-corrected chi connectivity index (χ2v) is 6.77. The number of aromatic nitrogens is 3. The average Bonchev–Trinajstić information content (AvgIpc) is 3.17. The number of rotatable bonds is 5. The smallest absolute Gasteiger partial charge is 0.234 e. The van der Waals surface area contributed by atoms with Crippen molar-refractivity contribution < 1.29 is 4.79 Å². The largest absolute Gasteiger partial charge is 0.370 e. The van der Waals surface area contributed by atoms with Gasteiger partial charge in [0.2, 0.25) is 5.91 Å². The lowest BCUT2D eigenvalue weighted by molar-refractivity contribution is -0.113. The van der Waals surface area contributed by atoms with Gasteiger partial charge in [0.15, 0.2) is 5.16 Å². The molecule has 1 fully saturated rings. The summed E-state index contributed by atoms with van der Waals surface area (Å²) in [6.07, 6.45) is 4.01. The molecule has 6 nitrogen and oxygen atoms in total. The highest BCUT2D eigenvalue weighted by Gasteiger charge is 2.15. The summed E-state index contributed by atoms with van der Waals surface area (Å²) >= 11 is 7.70. The number of benzene rings is 1. The molecule has 0 spiro atoms. The van der Waals surface area contributed by atoms with Crippen molar-refractivity contribution in [3.05, 3.63) is 29.5 Å². The maximum Gasteiger partial charge on any atom is 0.234 e. The van der Waals surface area contributed by atoms with E-state index in [0.717, 1.165) is 18.8 Å². The fraction of sp³-hybridized carbons (Fsp3) is 0.400. The predicted molar refractivity (Wildman–Crippen MR) is 93.3 cm³/mol. The molecule has 1 aliphatic heterocycles. The van der Waals surface area contributed by atoms with Crippen LogP contribution in [-0.2, 0) is 11.8 Å². The Bertz CT molecular complexity index is 699. The highest BCUT2D eigenvalue weighted by Crippen LogP contribution is 2.31. The lowest BCUT2D eigenvalue weighted by atomic mass is 10.2. The van der Waals surface area contributed by atoms with Crippen molar-refractivity contribution in [3.63, 3.8) is 0 Å². The summed E-state index contributed by atoms with van der Waals surface area (Å²) in [4.78, 5) is 14.3. The number of nitrogens with zero attached hydrogens (tertiary/aromatic N) is 4. The number of thioether (sulfide) groups is 1. The van der Waals surface area contributed by atoms with Crippen molar-refractivity contribution in [1.82, 2.24) is 14.8 Å². The lowest BCUT2D eigenvalue weighted by Crippen LogP contribution is -2.18. The second-order valence-electron chi connectivity index (χ2n) is 5.42. The van der Waals surface area contributed by atoms with Crippen molar-refractivity contribution in [2.75, 3.05) is 29.1 Å². The first-order valence-electron chi connectivity index (χ1n) is 7.44. The van der Waals surface area contributed by atoms with E-state index >= 15 is 0 Å². The fourth-order valence-electron chi connectivity index (χ4n) is 2.53. The zero-order chi connectivity index (χ0) is 16.2. The molecule has 0 aliphatic carbocycles. The van der Waals surface area contributed by atoms with Crippen LogP contribution in [0.25, 0.3) is 0 Å². The SMILES string of the molecule is Cn1cnnc1SCC(=O)Nc1ccc(N2CCCC2)c(Cl)c1. The van der Waals surface area contributed by atoms with E-state index in [1.165, 1.54) is 24.6 Å². The molecule has 1 aliphatic rings. The molecule has 1 amide bonds. The lowest BCUT2D eigenvalue weighted by Gasteiger charge is -2.19. The molecule has 122 valence electrons. The highest BCUT2D eigenvalue weighted by atomic mass is 35.5. The predicted octanol–water partition coefficient (Wildman–Crippen LogP) is 2.80. The molecule has 8 heteroatoms. The first-order chi connectivity index (χ1) is 11.1. The van der Waals surface area contributed by atoms with Gasteiger partial charge in [-0.25, -0.2) is 0 Å². The number of carbonyl (C=O) groups is 1. The third-order valence-electron chi connectivity index (χ3n) is 3.68. The number of halogens is 1. The summed E-state index contributed by atoms with van der Waals surface area (Å²) in [7, 11) is 1.84. The normalized spacial score (nSPS) is 14.3. The van der Waals surface area contributed by atoms with Gasteiger partial charge in [0, 0.05) is 25.8 Å². The van der Waals surface area contributed by atoms with Crippen LogP contribution in [0.4, 0.5) is 11.4 Å². The Morgan fingerprint density at radius 1 is 1.39 bits per heavy atom. The van der Waals surface area contributed by atoms with Gasteiger partial charge in [0.1, 0.15) is 6.33 Å². The van der Waals surface area contributed by atoms with Crippen LogP contribution in [0.15, 0.2) is 29.7 Å². The molecular formula is C15H18ClN5OS. The van der Waals surface area contributed by atoms with Crippen LogP contribution < -0.4 is 10.2 Å². The van der Waals surface area contributed by atoms with Gasteiger partial charge in [-0.05, 0) is 31.0 Å². The first kappa shape index (κ1) is 16.1. The molecule has 2 aromatic rings. The van der Waals surface area contributed by atoms with Crippen LogP contribution in [-0.4, -0.2) is 39.5 Å². The maximum atomic E-state index is 12.0. The zero-order valence-electron chi connectivity index (χ0n) is 12.8. The summed E-state index contributed by atoms with van der Waals surface area (Å²) in [5.41, 5.74) is 1.75. The molecule has 3 rings (SSSR count). The average molecular weight is 352 g/mol. The van der Waals surface area contributed by atoms with Gasteiger partial charge in [-0.15, -0.1) is 10.2 Å². The van der Waals surface area contributed by atoms with Crippen molar-refractivity contribution in [2.24, 2.45) is 7.05 Å². The van der Waals surface area contributed by atoms with Crippen LogP contribution in [0.1, 0.15) is 12.8 Å². The minimum atomic E-state index is -0.0945. The molecule has 0 unspecified atom stereocenters. The zero-order valence-corrected chi connectivity index (χ0v) is 14.4. The minimum absolute atomic E-state index is 0.0945. The van der Waals surface area contributed by atoms with Crippen LogP contribution >= 0.6 is 23.4 Å². The molecule has 1 aromatic carbocycles. The van der Waals surface area contributed by atoms with E-state index in [4.69, 9.17) is 11.6 Å². The van der Waals surface area contributed by atoms with Crippen molar-refractivity contribution in [3.8, 4) is 0 Å². The summed E-state index contributed by atoms with van der Waals surface area (Å²) in [5.74, 6) is 0.181. The third-order valence-corrected chi connectivity index (χ3v) is 5.02. The number of nitrogens with one attached hydrogen (secondary N) is 1. The van der Waals surface area contributed by atoms with Gasteiger partial charge in [0.05, 0.1) is 16.5 Å². The van der Waals surface area contributed by atoms with E-state index in [2.05, 4.69) is 20.4 Å². The second kappa shape index (κ2) is 7.23. The van der Waals surface area contributed by atoms with Crippen molar-refractivity contribution in [2.45, 2.75) is 18.0 Å². The van der Waals surface area contributed by atoms with Gasteiger partial charge in [-0.3, -0.25) is 4.79 Å². The molecule has 23 heavy (non-hydrogen) atoms. The third kappa shape index (κ3) is 3.97. The Labute approximate surface area is 144 Å². The summed E-state index contributed by atoms with van der Waals surface area (Å²) < 4.78 is 1.78. The summed E-state index contributed by atoms with van der Waals surface area (Å²) in [6, 6.07) is 5.67. The Balaban J connectivity index is 1.58. The van der Waals surface area contributed by atoms with E-state index in [9.17, 15) is 4.79 Å². The van der Waals surface area contributed by atoms with Gasteiger partial charge in [-0.2, -0.15) is 0 Å². The monoisotopic (exact) mass is 351 g/mol. The van der Waals surface area contributed by atoms with Crippen LogP contribution in [0.3, 0.4) is 0 Å². The van der Waals surface area contributed by atoms with E-state index < -0.39 is 0 Å². The van der Waals surface area contributed by atoms with E-state index in [0.29, 0.717) is 15.9 Å². The number of amides is 1. The van der Waals surface area contributed by atoms with Crippen LogP contribution in [0.5, 0.6) is 0 Å². The summed E-state index contributed by atoms with van der Waals surface area (Å²) in [6.45, 7) is 2.08. The number of anilines is 2. The quantitative estimate of drug-likeness (QED) is 0.839. The molecule has 2 heterocycles. The van der Waals surface area contributed by atoms with Crippen LogP contribution in [0, 0.1) is 0 Å².